The van der Waals surface area contributed by atoms with Crippen LogP contribution >= 0.6 is 11.6 Å². The molecule has 130 valence electrons. The van der Waals surface area contributed by atoms with Crippen LogP contribution in [0.25, 0.3) is 0 Å². The van der Waals surface area contributed by atoms with E-state index < -0.39 is 15.9 Å². The SMILES string of the molecule is Cc1ccc(N2C(=O)N(c3cccc(Cl)c3)[C@@H]3CS(=O)(=O)C[C@@H]32)cc1. The van der Waals surface area contributed by atoms with Gasteiger partial charge in [0.2, 0.25) is 0 Å². The van der Waals surface area contributed by atoms with Gasteiger partial charge in [-0.3, -0.25) is 9.80 Å². The monoisotopic (exact) mass is 376 g/mol. The first-order chi connectivity index (χ1) is 11.9. The van der Waals surface area contributed by atoms with Crippen LogP contribution in [0.15, 0.2) is 48.5 Å². The van der Waals surface area contributed by atoms with Crippen LogP contribution in [0.5, 0.6) is 0 Å². The number of fused-ring (bicyclic) bond motifs is 1. The van der Waals surface area contributed by atoms with E-state index in [1.807, 2.05) is 31.2 Å². The van der Waals surface area contributed by atoms with Gasteiger partial charge in [0.15, 0.2) is 9.84 Å². The molecule has 2 atom stereocenters. The first-order valence-corrected chi connectivity index (χ1v) is 10.2. The zero-order valence-electron chi connectivity index (χ0n) is 13.6. The lowest BCUT2D eigenvalue weighted by Gasteiger charge is -2.23. The van der Waals surface area contributed by atoms with Crippen LogP contribution in [0.3, 0.4) is 0 Å². The summed E-state index contributed by atoms with van der Waals surface area (Å²) in [6.07, 6.45) is 0. The van der Waals surface area contributed by atoms with Crippen LogP contribution < -0.4 is 9.80 Å². The molecular weight excluding hydrogens is 360 g/mol. The summed E-state index contributed by atoms with van der Waals surface area (Å²) in [6, 6.07) is 13.5. The largest absolute Gasteiger partial charge is 0.329 e. The number of aryl methyl sites for hydroxylation is 1. The molecule has 2 heterocycles. The van der Waals surface area contributed by atoms with Crippen molar-refractivity contribution in [2.75, 3.05) is 21.3 Å². The number of rotatable bonds is 2. The van der Waals surface area contributed by atoms with Crippen molar-refractivity contribution < 1.29 is 13.2 Å². The molecule has 4 rings (SSSR count). The summed E-state index contributed by atoms with van der Waals surface area (Å²) in [6.45, 7) is 1.97. The Hall–Kier alpha value is -2.05. The highest BCUT2D eigenvalue weighted by molar-refractivity contribution is 7.91. The van der Waals surface area contributed by atoms with Gasteiger partial charge in [0.05, 0.1) is 23.6 Å². The number of halogens is 1. The van der Waals surface area contributed by atoms with Gasteiger partial charge in [-0.15, -0.1) is 0 Å². The number of urea groups is 1. The van der Waals surface area contributed by atoms with E-state index in [9.17, 15) is 13.2 Å². The van der Waals surface area contributed by atoms with Crippen molar-refractivity contribution in [3.05, 3.63) is 59.1 Å². The Morgan fingerprint density at radius 1 is 0.960 bits per heavy atom. The van der Waals surface area contributed by atoms with E-state index in [2.05, 4.69) is 0 Å². The molecule has 0 unspecified atom stereocenters. The molecule has 2 amide bonds. The van der Waals surface area contributed by atoms with Gasteiger partial charge in [0, 0.05) is 16.4 Å². The van der Waals surface area contributed by atoms with Gasteiger partial charge in [-0.2, -0.15) is 0 Å². The third-order valence-electron chi connectivity index (χ3n) is 4.77. The van der Waals surface area contributed by atoms with E-state index in [0.717, 1.165) is 5.56 Å². The van der Waals surface area contributed by atoms with E-state index in [4.69, 9.17) is 11.6 Å². The number of nitrogens with zero attached hydrogens (tertiary/aromatic N) is 2. The molecule has 2 saturated heterocycles. The lowest BCUT2D eigenvalue weighted by atomic mass is 10.1. The Kier molecular flexibility index (Phi) is 3.77. The van der Waals surface area contributed by atoms with E-state index in [-0.39, 0.29) is 23.6 Å². The van der Waals surface area contributed by atoms with Gasteiger partial charge in [-0.25, -0.2) is 13.2 Å². The van der Waals surface area contributed by atoms with Crippen molar-refractivity contribution in [1.82, 2.24) is 0 Å². The summed E-state index contributed by atoms with van der Waals surface area (Å²) < 4.78 is 24.5. The third-order valence-corrected chi connectivity index (χ3v) is 6.70. The number of sulfone groups is 1. The van der Waals surface area contributed by atoms with Crippen molar-refractivity contribution in [3.8, 4) is 0 Å². The smallest absolute Gasteiger partial charge is 0.288 e. The Balaban J connectivity index is 1.81. The highest BCUT2D eigenvalue weighted by atomic mass is 35.5. The summed E-state index contributed by atoms with van der Waals surface area (Å²) in [5.74, 6) is -0.0490. The standard InChI is InChI=1S/C18H17ClN2O3S/c1-12-5-7-14(8-6-12)20-16-10-25(23,24)11-17(16)21(18(20)22)15-4-2-3-13(19)9-15/h2-9,16-17H,10-11H2,1H3/t16-,17+/m0/s1. The van der Waals surface area contributed by atoms with Gasteiger partial charge >= 0.3 is 6.03 Å². The number of hydrogen-bond donors (Lipinski definition) is 0. The topological polar surface area (TPSA) is 57.7 Å². The van der Waals surface area contributed by atoms with Gasteiger partial charge in [0.25, 0.3) is 0 Å². The molecule has 2 aliphatic heterocycles. The van der Waals surface area contributed by atoms with Gasteiger partial charge in [-0.1, -0.05) is 35.4 Å². The minimum absolute atomic E-state index is 0.0195. The second-order valence-electron chi connectivity index (χ2n) is 6.55. The molecule has 0 spiro atoms. The van der Waals surface area contributed by atoms with Crippen LogP contribution in [0.4, 0.5) is 16.2 Å². The summed E-state index contributed by atoms with van der Waals surface area (Å²) in [4.78, 5) is 16.3. The fraction of sp³-hybridized carbons (Fsp3) is 0.278. The second kappa shape index (κ2) is 5.75. The molecule has 2 fully saturated rings. The molecule has 7 heteroatoms. The van der Waals surface area contributed by atoms with Crippen LogP contribution in [0, 0.1) is 6.92 Å². The Morgan fingerprint density at radius 3 is 2.16 bits per heavy atom. The molecule has 2 aromatic rings. The fourth-order valence-corrected chi connectivity index (χ4v) is 5.74. The van der Waals surface area contributed by atoms with Crippen molar-refractivity contribution in [2.45, 2.75) is 19.0 Å². The molecule has 0 aromatic heterocycles. The number of carbonyl (C=O) groups excluding carboxylic acids is 1. The Morgan fingerprint density at radius 2 is 1.56 bits per heavy atom. The van der Waals surface area contributed by atoms with Gasteiger partial charge in [-0.05, 0) is 37.3 Å². The molecule has 0 radical (unpaired) electrons. The van der Waals surface area contributed by atoms with Crippen LogP contribution in [0.1, 0.15) is 5.56 Å². The average molecular weight is 377 g/mol. The van der Waals surface area contributed by atoms with Crippen LogP contribution in [-0.4, -0.2) is 38.0 Å². The molecule has 2 aliphatic rings. The molecule has 0 aliphatic carbocycles. The number of carbonyl (C=O) groups is 1. The maximum Gasteiger partial charge on any atom is 0.329 e. The number of amides is 2. The van der Waals surface area contributed by atoms with Gasteiger partial charge in [0.1, 0.15) is 0 Å². The van der Waals surface area contributed by atoms with E-state index in [1.165, 1.54) is 0 Å². The number of benzene rings is 2. The van der Waals surface area contributed by atoms with Crippen LogP contribution in [-0.2, 0) is 9.84 Å². The zero-order chi connectivity index (χ0) is 17.8. The predicted octanol–water partition coefficient (Wildman–Crippen LogP) is 3.26. The second-order valence-corrected chi connectivity index (χ2v) is 9.14. The minimum Gasteiger partial charge on any atom is -0.288 e. The minimum atomic E-state index is -3.20. The Labute approximate surface area is 151 Å². The average Bonchev–Trinajstić information content (AvgIpc) is 2.97. The fourth-order valence-electron chi connectivity index (χ4n) is 3.64. The quantitative estimate of drug-likeness (QED) is 0.756. The van der Waals surface area contributed by atoms with Crippen molar-refractivity contribution in [3.63, 3.8) is 0 Å². The highest BCUT2D eigenvalue weighted by Gasteiger charge is 2.54. The maximum atomic E-state index is 13.1. The first kappa shape index (κ1) is 16.4. The highest BCUT2D eigenvalue weighted by Crippen LogP contribution is 2.38. The summed E-state index contributed by atoms with van der Waals surface area (Å²) in [7, 11) is -3.20. The van der Waals surface area contributed by atoms with E-state index >= 15 is 0 Å². The Bertz CT molecular complexity index is 943. The third kappa shape index (κ3) is 2.79. The molecule has 2 aromatic carbocycles. The maximum absolute atomic E-state index is 13.1. The lowest BCUT2D eigenvalue weighted by Crippen LogP contribution is -2.37. The van der Waals surface area contributed by atoms with E-state index in [0.29, 0.717) is 16.4 Å². The van der Waals surface area contributed by atoms with Crippen LogP contribution in [0.2, 0.25) is 5.02 Å². The molecule has 0 bridgehead atoms. The molecule has 25 heavy (non-hydrogen) atoms. The van der Waals surface area contributed by atoms with Crippen molar-refractivity contribution >= 4 is 38.8 Å². The predicted molar refractivity (Wildman–Crippen MR) is 99.2 cm³/mol. The van der Waals surface area contributed by atoms with E-state index in [1.54, 1.807) is 34.1 Å². The van der Waals surface area contributed by atoms with Crippen molar-refractivity contribution in [1.29, 1.82) is 0 Å². The molecule has 5 nitrogen and oxygen atoms in total. The normalized spacial score (nSPS) is 24.6. The van der Waals surface area contributed by atoms with Crippen molar-refractivity contribution in [2.24, 2.45) is 0 Å². The molecule has 0 saturated carbocycles. The summed E-state index contributed by atoms with van der Waals surface area (Å²) in [5.41, 5.74) is 2.42. The van der Waals surface area contributed by atoms with Gasteiger partial charge < -0.3 is 0 Å². The number of hydrogen-bond acceptors (Lipinski definition) is 3. The molecular formula is C18H17ClN2O3S. The summed E-state index contributed by atoms with van der Waals surface area (Å²) >= 11 is 6.07. The molecule has 0 N–H and O–H groups in total. The summed E-state index contributed by atoms with van der Waals surface area (Å²) in [5, 5.41) is 0.511. The number of anilines is 2. The lowest BCUT2D eigenvalue weighted by molar-refractivity contribution is 0.255. The zero-order valence-corrected chi connectivity index (χ0v) is 15.2. The first-order valence-electron chi connectivity index (χ1n) is 8.01.